The van der Waals surface area contributed by atoms with Crippen molar-refractivity contribution < 1.29 is 66.7 Å². The average molecular weight is 703 g/mol. The molecule has 3 heterocycles. The molecule has 2 aliphatic carbocycles. The highest BCUT2D eigenvalue weighted by Crippen LogP contribution is 2.71. The van der Waals surface area contributed by atoms with Crippen molar-refractivity contribution in [3.05, 3.63) is 36.3 Å². The maximum atomic E-state index is 15.4. The second-order valence-electron chi connectivity index (χ2n) is 14.9. The number of methoxy groups -OCH3 is 1. The van der Waals surface area contributed by atoms with E-state index in [1.807, 2.05) is 0 Å². The lowest BCUT2D eigenvalue weighted by molar-refractivity contribution is -0.317. The summed E-state index contributed by atoms with van der Waals surface area (Å²) in [7, 11) is 1.19. The fraction of sp³-hybridized carbons (Fsp3) is 0.667. The molecule has 0 unspecified atom stereocenters. The van der Waals surface area contributed by atoms with Gasteiger partial charge in [-0.2, -0.15) is 0 Å². The lowest BCUT2D eigenvalue weighted by Crippen LogP contribution is -2.75. The number of hydrogen-bond donors (Lipinski definition) is 1. The van der Waals surface area contributed by atoms with Gasteiger partial charge in [0.15, 0.2) is 11.9 Å². The number of furan rings is 1. The lowest BCUT2D eigenvalue weighted by atomic mass is 9.49. The number of hydrogen-bond acceptors (Lipinski definition) is 14. The molecule has 4 fully saturated rings. The van der Waals surface area contributed by atoms with E-state index in [0.717, 1.165) is 6.92 Å². The van der Waals surface area contributed by atoms with Crippen LogP contribution >= 0.6 is 0 Å². The number of rotatable bonds is 8. The van der Waals surface area contributed by atoms with Crippen LogP contribution in [0.3, 0.4) is 0 Å². The summed E-state index contributed by atoms with van der Waals surface area (Å²) < 4.78 is 41.1. The number of Topliss-reactive ketones (excluding diaryl/α,β-unsaturated/α-hetero) is 1. The van der Waals surface area contributed by atoms with E-state index in [1.165, 1.54) is 46.5 Å². The highest BCUT2D eigenvalue weighted by molar-refractivity contribution is 5.95. The fourth-order valence-electron chi connectivity index (χ4n) is 9.09. The maximum Gasteiger partial charge on any atom is 0.351 e. The molecule has 2 aliphatic heterocycles. The first kappa shape index (κ1) is 37.2. The van der Waals surface area contributed by atoms with E-state index in [2.05, 4.69) is 6.58 Å². The minimum atomic E-state index is -2.20. The molecule has 2 saturated carbocycles. The standard InChI is InChI=1S/C36H46O14/c1-11-16(2)31(42)48-24-28(46-18(4)37)33(6,7)21(14-22(39)44-10)34(8)25(40)23-17(3)36(50-29(24)34)30(47-19(5)38)32(43)49-27(20-12-13-45-15-20)35(36,9)26(23)41/h12-13,15-16,21,23-24,26-30,41H,3,11,14H2,1-2,4-10H3/t16-,21+,23-,24+,26-,27-,28-,29-,30+,34-,35-,36+/m0/s1. The number of fused-ring (bicyclic) bond motifs is 2. The molecule has 5 rings (SSSR count). The van der Waals surface area contributed by atoms with Crippen molar-refractivity contribution in [2.45, 2.75) is 110 Å². The molecule has 0 radical (unpaired) electrons. The summed E-state index contributed by atoms with van der Waals surface area (Å²) in [5.74, 6) is -7.83. The predicted molar refractivity (Wildman–Crippen MR) is 169 cm³/mol. The molecule has 1 N–H and O–H groups in total. The zero-order valence-electron chi connectivity index (χ0n) is 29.8. The monoisotopic (exact) mass is 702 g/mol. The minimum absolute atomic E-state index is 0.0739. The van der Waals surface area contributed by atoms with Gasteiger partial charge in [-0.3, -0.25) is 24.0 Å². The Morgan fingerprint density at radius 3 is 2.22 bits per heavy atom. The van der Waals surface area contributed by atoms with Gasteiger partial charge >= 0.3 is 29.8 Å². The van der Waals surface area contributed by atoms with Crippen LogP contribution in [-0.2, 0) is 57.2 Å². The second-order valence-corrected chi connectivity index (χ2v) is 14.9. The fourth-order valence-corrected chi connectivity index (χ4v) is 9.09. The molecule has 14 heteroatoms. The summed E-state index contributed by atoms with van der Waals surface area (Å²) >= 11 is 0. The third-order valence-electron chi connectivity index (χ3n) is 11.9. The minimum Gasteiger partial charge on any atom is -0.472 e. The van der Waals surface area contributed by atoms with Crippen molar-refractivity contribution in [2.75, 3.05) is 7.11 Å². The van der Waals surface area contributed by atoms with E-state index in [-0.39, 0.29) is 12.0 Å². The largest absolute Gasteiger partial charge is 0.472 e. The zero-order valence-corrected chi connectivity index (χ0v) is 29.8. The summed E-state index contributed by atoms with van der Waals surface area (Å²) in [6.45, 7) is 16.3. The summed E-state index contributed by atoms with van der Waals surface area (Å²) in [4.78, 5) is 81.6. The van der Waals surface area contributed by atoms with Gasteiger partial charge in [0.2, 0.25) is 6.10 Å². The van der Waals surface area contributed by atoms with E-state index in [4.69, 9.17) is 32.8 Å². The van der Waals surface area contributed by atoms with Gasteiger partial charge in [0.05, 0.1) is 54.8 Å². The number of aliphatic hydroxyl groups excluding tert-OH is 1. The van der Waals surface area contributed by atoms with Crippen LogP contribution in [0.5, 0.6) is 0 Å². The van der Waals surface area contributed by atoms with Gasteiger partial charge in [-0.25, -0.2) is 4.79 Å². The Hall–Kier alpha value is -4.04. The van der Waals surface area contributed by atoms with Crippen molar-refractivity contribution in [1.29, 1.82) is 0 Å². The molecule has 1 aromatic rings. The number of carbonyl (C=O) groups excluding carboxylic acids is 6. The van der Waals surface area contributed by atoms with Crippen molar-refractivity contribution in [2.24, 2.45) is 34.0 Å². The molecule has 4 aliphatic rings. The van der Waals surface area contributed by atoms with E-state index in [1.54, 1.807) is 27.7 Å². The van der Waals surface area contributed by atoms with Gasteiger partial charge < -0.3 is 37.9 Å². The molecular formula is C36H46O14. The van der Waals surface area contributed by atoms with Crippen molar-refractivity contribution in [1.82, 2.24) is 0 Å². The Kier molecular flexibility index (Phi) is 9.40. The number of cyclic esters (lactones) is 1. The van der Waals surface area contributed by atoms with Crippen molar-refractivity contribution in [3.63, 3.8) is 0 Å². The number of esters is 5. The molecule has 274 valence electrons. The summed E-state index contributed by atoms with van der Waals surface area (Å²) in [5.41, 5.74) is -6.82. The second kappa shape index (κ2) is 12.6. The molecular weight excluding hydrogens is 656 g/mol. The van der Waals surface area contributed by atoms with Crippen LogP contribution in [0.15, 0.2) is 35.2 Å². The van der Waals surface area contributed by atoms with Gasteiger partial charge in [0, 0.05) is 24.8 Å². The van der Waals surface area contributed by atoms with E-state index in [9.17, 15) is 29.1 Å². The Labute approximate surface area is 290 Å². The van der Waals surface area contributed by atoms with Gasteiger partial charge in [-0.05, 0) is 37.8 Å². The first-order valence-electron chi connectivity index (χ1n) is 16.7. The smallest absolute Gasteiger partial charge is 0.351 e. The van der Waals surface area contributed by atoms with Gasteiger partial charge in [-0.1, -0.05) is 34.3 Å². The summed E-state index contributed by atoms with van der Waals surface area (Å²) in [6.07, 6.45) is -6.59. The number of ether oxygens (including phenoxy) is 6. The SMILES string of the molecule is C=C1[C@H]2C(=O)[C@]3(C)[C@H](CC(=O)OC)C(C)(C)[C@@H](OC(C)=O)[C@@H](OC(=O)[C@@H](C)CC)[C@@H]3O[C@@]13[C@H](OC(C)=O)C(=O)O[C@@H](c1ccoc1)[C@]3(C)[C@H]2O. The highest BCUT2D eigenvalue weighted by Gasteiger charge is 2.83. The van der Waals surface area contributed by atoms with E-state index >= 15 is 4.79 Å². The Bertz CT molecular complexity index is 1590. The van der Waals surface area contributed by atoms with Crippen LogP contribution in [0.2, 0.25) is 0 Å². The molecule has 0 amide bonds. The predicted octanol–water partition coefficient (Wildman–Crippen LogP) is 3.18. The topological polar surface area (TPSA) is 191 Å². The number of aliphatic hydroxyl groups is 1. The van der Waals surface area contributed by atoms with Gasteiger partial charge in [0.1, 0.15) is 23.9 Å². The Morgan fingerprint density at radius 1 is 1.04 bits per heavy atom. The van der Waals surface area contributed by atoms with E-state index < -0.39 is 112 Å². The first-order chi connectivity index (χ1) is 23.3. The number of carbonyl (C=O) groups is 6. The maximum absolute atomic E-state index is 15.4. The normalized spacial score (nSPS) is 39.2. The quantitative estimate of drug-likeness (QED) is 0.236. The molecule has 50 heavy (non-hydrogen) atoms. The molecule has 2 saturated heterocycles. The van der Waals surface area contributed by atoms with Crippen LogP contribution in [0.25, 0.3) is 0 Å². The van der Waals surface area contributed by atoms with Crippen molar-refractivity contribution in [3.8, 4) is 0 Å². The average Bonchev–Trinajstić information content (AvgIpc) is 3.62. The molecule has 12 atom stereocenters. The van der Waals surface area contributed by atoms with Crippen molar-refractivity contribution >= 4 is 35.6 Å². The first-order valence-corrected chi connectivity index (χ1v) is 16.7. The molecule has 14 nitrogen and oxygen atoms in total. The number of ketones is 1. The Balaban J connectivity index is 1.87. The van der Waals surface area contributed by atoms with Crippen LogP contribution < -0.4 is 0 Å². The highest BCUT2D eigenvalue weighted by atomic mass is 16.6. The van der Waals surface area contributed by atoms with Gasteiger partial charge in [0.25, 0.3) is 0 Å². The molecule has 0 aromatic carbocycles. The molecule has 2 bridgehead atoms. The van der Waals surface area contributed by atoms with Crippen LogP contribution in [0, 0.1) is 34.0 Å². The third kappa shape index (κ3) is 5.03. The van der Waals surface area contributed by atoms with E-state index in [0.29, 0.717) is 12.0 Å². The van der Waals surface area contributed by atoms with Crippen LogP contribution in [0.1, 0.15) is 79.9 Å². The Morgan fingerprint density at radius 2 is 1.68 bits per heavy atom. The third-order valence-corrected chi connectivity index (χ3v) is 11.9. The van der Waals surface area contributed by atoms with Gasteiger partial charge in [-0.15, -0.1) is 0 Å². The molecule has 1 aromatic heterocycles. The molecule has 1 spiro atoms. The van der Waals surface area contributed by atoms with Crippen LogP contribution in [-0.4, -0.2) is 84.0 Å². The zero-order chi connectivity index (χ0) is 37.3. The lowest BCUT2D eigenvalue weighted by Gasteiger charge is -2.62. The summed E-state index contributed by atoms with van der Waals surface area (Å²) in [5, 5.41) is 12.4. The van der Waals surface area contributed by atoms with Crippen LogP contribution in [0.4, 0.5) is 0 Å². The summed E-state index contributed by atoms with van der Waals surface area (Å²) in [6, 6.07) is 1.52.